The second-order valence-electron chi connectivity index (χ2n) is 4.15. The lowest BCUT2D eigenvalue weighted by molar-refractivity contribution is -0.120. The van der Waals surface area contributed by atoms with Gasteiger partial charge in [0.05, 0.1) is 0 Å². The highest BCUT2D eigenvalue weighted by Crippen LogP contribution is 2.19. The fourth-order valence-corrected chi connectivity index (χ4v) is 2.22. The number of nitrogens with one attached hydrogen (secondary N) is 2. The van der Waals surface area contributed by atoms with Gasteiger partial charge in [-0.05, 0) is 36.1 Å². The van der Waals surface area contributed by atoms with Crippen molar-refractivity contribution < 1.29 is 4.79 Å². The molecule has 1 aromatic rings. The summed E-state index contributed by atoms with van der Waals surface area (Å²) in [6.07, 6.45) is 2.52. The van der Waals surface area contributed by atoms with Gasteiger partial charge in [0.15, 0.2) is 0 Å². The number of carbonyl (C=O) groups excluding carboxylic acids is 1. The summed E-state index contributed by atoms with van der Waals surface area (Å²) in [5.74, 6) is 0.117. The van der Waals surface area contributed by atoms with Gasteiger partial charge in [0.2, 0.25) is 5.91 Å². The van der Waals surface area contributed by atoms with Gasteiger partial charge in [0.25, 0.3) is 0 Å². The Morgan fingerprint density at radius 2 is 2.38 bits per heavy atom. The minimum atomic E-state index is 0.117. The number of amides is 1. The van der Waals surface area contributed by atoms with Gasteiger partial charge >= 0.3 is 0 Å². The summed E-state index contributed by atoms with van der Waals surface area (Å²) >= 11 is 0. The lowest BCUT2D eigenvalue weighted by Gasteiger charge is -2.20. The Labute approximate surface area is 96.2 Å². The van der Waals surface area contributed by atoms with Crippen LogP contribution in [0.1, 0.15) is 23.1 Å². The molecule has 2 rings (SSSR count). The number of hydrogen-bond donors (Lipinski definition) is 2. The average Bonchev–Trinajstić information content (AvgIpc) is 2.35. The summed E-state index contributed by atoms with van der Waals surface area (Å²) < 4.78 is 0. The molecule has 0 spiro atoms. The predicted octanol–water partition coefficient (Wildman–Crippen LogP) is 1.01. The molecule has 16 heavy (non-hydrogen) atoms. The van der Waals surface area contributed by atoms with Crippen molar-refractivity contribution in [2.24, 2.45) is 0 Å². The number of aryl methyl sites for hydroxylation is 1. The van der Waals surface area contributed by atoms with Crippen LogP contribution in [0.15, 0.2) is 18.2 Å². The topological polar surface area (TPSA) is 41.1 Å². The van der Waals surface area contributed by atoms with Gasteiger partial charge in [-0.15, -0.1) is 0 Å². The minimum Gasteiger partial charge on any atom is -0.359 e. The largest absolute Gasteiger partial charge is 0.359 e. The zero-order chi connectivity index (χ0) is 11.4. The molecule has 1 heterocycles. The van der Waals surface area contributed by atoms with E-state index >= 15 is 0 Å². The van der Waals surface area contributed by atoms with Crippen LogP contribution in [0.2, 0.25) is 0 Å². The van der Waals surface area contributed by atoms with Gasteiger partial charge in [-0.1, -0.05) is 18.2 Å². The normalized spacial score (nSPS) is 14.3. The Bertz CT molecular complexity index is 388. The van der Waals surface area contributed by atoms with Crippen molar-refractivity contribution in [2.75, 3.05) is 13.6 Å². The number of carbonyl (C=O) groups is 1. The smallest absolute Gasteiger partial charge is 0.220 e. The van der Waals surface area contributed by atoms with Crippen molar-refractivity contribution in [3.05, 3.63) is 34.9 Å². The van der Waals surface area contributed by atoms with E-state index in [1.54, 1.807) is 7.05 Å². The summed E-state index contributed by atoms with van der Waals surface area (Å²) in [4.78, 5) is 11.2. The monoisotopic (exact) mass is 218 g/mol. The zero-order valence-electron chi connectivity index (χ0n) is 9.68. The molecule has 0 unspecified atom stereocenters. The first-order valence-electron chi connectivity index (χ1n) is 5.82. The SMILES string of the molecule is CNC(=O)CCc1cccc2c1CCNC2. The molecule has 0 fully saturated rings. The van der Waals surface area contributed by atoms with Crippen LogP contribution in [-0.4, -0.2) is 19.5 Å². The van der Waals surface area contributed by atoms with Gasteiger partial charge in [0.1, 0.15) is 0 Å². The molecule has 3 nitrogen and oxygen atoms in total. The molecule has 1 aliphatic heterocycles. The van der Waals surface area contributed by atoms with E-state index in [-0.39, 0.29) is 5.91 Å². The maximum absolute atomic E-state index is 11.2. The van der Waals surface area contributed by atoms with Gasteiger partial charge in [0, 0.05) is 20.0 Å². The van der Waals surface area contributed by atoms with Crippen molar-refractivity contribution in [3.8, 4) is 0 Å². The molecule has 0 aromatic heterocycles. The van der Waals surface area contributed by atoms with Crippen molar-refractivity contribution in [1.82, 2.24) is 10.6 Å². The molecule has 86 valence electrons. The zero-order valence-corrected chi connectivity index (χ0v) is 9.68. The number of fused-ring (bicyclic) bond motifs is 1. The van der Waals surface area contributed by atoms with E-state index in [1.807, 2.05) is 0 Å². The maximum Gasteiger partial charge on any atom is 0.220 e. The molecule has 1 aromatic carbocycles. The number of benzene rings is 1. The highest BCUT2D eigenvalue weighted by atomic mass is 16.1. The van der Waals surface area contributed by atoms with E-state index in [0.29, 0.717) is 6.42 Å². The van der Waals surface area contributed by atoms with Crippen LogP contribution in [0.5, 0.6) is 0 Å². The molecule has 0 saturated carbocycles. The molecule has 0 saturated heterocycles. The van der Waals surface area contributed by atoms with Crippen LogP contribution in [-0.2, 0) is 24.2 Å². The summed E-state index contributed by atoms with van der Waals surface area (Å²) in [6.45, 7) is 2.01. The van der Waals surface area contributed by atoms with E-state index in [0.717, 1.165) is 25.9 Å². The molecular weight excluding hydrogens is 200 g/mol. The van der Waals surface area contributed by atoms with Crippen LogP contribution in [0.3, 0.4) is 0 Å². The van der Waals surface area contributed by atoms with E-state index < -0.39 is 0 Å². The fourth-order valence-electron chi connectivity index (χ4n) is 2.22. The van der Waals surface area contributed by atoms with Gasteiger partial charge in [-0.3, -0.25) is 4.79 Å². The first-order valence-corrected chi connectivity index (χ1v) is 5.82. The fraction of sp³-hybridized carbons (Fsp3) is 0.462. The Balaban J connectivity index is 2.11. The summed E-state index contributed by atoms with van der Waals surface area (Å²) in [5, 5.41) is 6.03. The molecule has 1 aliphatic rings. The molecule has 0 radical (unpaired) electrons. The van der Waals surface area contributed by atoms with Crippen molar-refractivity contribution in [3.63, 3.8) is 0 Å². The summed E-state index contributed by atoms with van der Waals surface area (Å²) in [6, 6.07) is 6.41. The van der Waals surface area contributed by atoms with Crippen LogP contribution < -0.4 is 10.6 Å². The summed E-state index contributed by atoms with van der Waals surface area (Å²) in [5.41, 5.74) is 4.17. The van der Waals surface area contributed by atoms with Crippen LogP contribution in [0.4, 0.5) is 0 Å². The van der Waals surface area contributed by atoms with Gasteiger partial charge in [-0.2, -0.15) is 0 Å². The molecule has 1 amide bonds. The van der Waals surface area contributed by atoms with E-state index in [4.69, 9.17) is 0 Å². The Morgan fingerprint density at radius 3 is 3.19 bits per heavy atom. The standard InChI is InChI=1S/C13H18N2O/c1-14-13(16)6-5-10-3-2-4-11-9-15-8-7-12(10)11/h2-4,15H,5-9H2,1H3,(H,14,16). The molecule has 0 atom stereocenters. The highest BCUT2D eigenvalue weighted by Gasteiger charge is 2.12. The lowest BCUT2D eigenvalue weighted by atomic mass is 9.93. The second kappa shape index (κ2) is 5.12. The third-order valence-corrected chi connectivity index (χ3v) is 3.14. The van der Waals surface area contributed by atoms with E-state index in [1.165, 1.54) is 16.7 Å². The third-order valence-electron chi connectivity index (χ3n) is 3.14. The van der Waals surface area contributed by atoms with Crippen LogP contribution in [0, 0.1) is 0 Å². The van der Waals surface area contributed by atoms with Gasteiger partial charge < -0.3 is 10.6 Å². The van der Waals surface area contributed by atoms with Crippen LogP contribution >= 0.6 is 0 Å². The molecule has 2 N–H and O–H groups in total. The first kappa shape index (κ1) is 11.1. The Kier molecular flexibility index (Phi) is 3.57. The van der Waals surface area contributed by atoms with E-state index in [2.05, 4.69) is 28.8 Å². The van der Waals surface area contributed by atoms with Crippen molar-refractivity contribution in [1.29, 1.82) is 0 Å². The molecule has 0 aliphatic carbocycles. The number of rotatable bonds is 3. The number of hydrogen-bond acceptors (Lipinski definition) is 2. The first-order chi connectivity index (χ1) is 7.81. The highest BCUT2D eigenvalue weighted by molar-refractivity contribution is 5.75. The third kappa shape index (κ3) is 2.42. The molecule has 3 heteroatoms. The van der Waals surface area contributed by atoms with Crippen molar-refractivity contribution >= 4 is 5.91 Å². The van der Waals surface area contributed by atoms with Gasteiger partial charge in [-0.25, -0.2) is 0 Å². The summed E-state index contributed by atoms with van der Waals surface area (Å²) in [7, 11) is 1.69. The quantitative estimate of drug-likeness (QED) is 0.795. The van der Waals surface area contributed by atoms with E-state index in [9.17, 15) is 4.79 Å². The lowest BCUT2D eigenvalue weighted by Crippen LogP contribution is -2.25. The molecular formula is C13H18N2O. The predicted molar refractivity (Wildman–Crippen MR) is 64.2 cm³/mol. The Hall–Kier alpha value is -1.35. The Morgan fingerprint density at radius 1 is 1.50 bits per heavy atom. The second-order valence-corrected chi connectivity index (χ2v) is 4.15. The van der Waals surface area contributed by atoms with Crippen molar-refractivity contribution in [2.45, 2.75) is 25.8 Å². The maximum atomic E-state index is 11.2. The minimum absolute atomic E-state index is 0.117. The van der Waals surface area contributed by atoms with Crippen LogP contribution in [0.25, 0.3) is 0 Å². The molecule has 0 bridgehead atoms. The average molecular weight is 218 g/mol.